The van der Waals surface area contributed by atoms with Gasteiger partial charge in [-0.3, -0.25) is 9.59 Å². The summed E-state index contributed by atoms with van der Waals surface area (Å²) in [5.41, 5.74) is 4.36. The van der Waals surface area contributed by atoms with Crippen molar-refractivity contribution in [1.82, 2.24) is 5.32 Å². The van der Waals surface area contributed by atoms with Gasteiger partial charge in [0.2, 0.25) is 5.91 Å². The number of hydrogen-bond acceptors (Lipinski definition) is 4. The number of methoxy groups -OCH3 is 1. The van der Waals surface area contributed by atoms with Crippen LogP contribution in [0.15, 0.2) is 42.5 Å². The Balaban J connectivity index is 1.86. The van der Waals surface area contributed by atoms with E-state index in [1.807, 2.05) is 32.0 Å². The lowest BCUT2D eigenvalue weighted by atomic mass is 10.1. The van der Waals surface area contributed by atoms with E-state index in [2.05, 4.69) is 16.0 Å². The molecule has 0 aliphatic rings. The van der Waals surface area contributed by atoms with Crippen molar-refractivity contribution in [3.8, 4) is 0 Å². The third-order valence-corrected chi connectivity index (χ3v) is 3.93. The number of ether oxygens (including phenoxy) is 1. The molecule has 2 rings (SSSR count). The van der Waals surface area contributed by atoms with Crippen LogP contribution in [-0.2, 0) is 9.53 Å². The zero-order chi connectivity index (χ0) is 18.9. The van der Waals surface area contributed by atoms with Gasteiger partial charge in [0.15, 0.2) is 0 Å². The van der Waals surface area contributed by atoms with Crippen molar-refractivity contribution < 1.29 is 14.3 Å². The van der Waals surface area contributed by atoms with Crippen LogP contribution in [0, 0.1) is 13.8 Å². The summed E-state index contributed by atoms with van der Waals surface area (Å²) in [4.78, 5) is 24.0. The van der Waals surface area contributed by atoms with Crippen molar-refractivity contribution in [3.63, 3.8) is 0 Å². The Morgan fingerprint density at radius 1 is 1.00 bits per heavy atom. The number of rotatable bonds is 8. The van der Waals surface area contributed by atoms with Crippen LogP contribution in [-0.4, -0.2) is 38.6 Å². The number of nitrogens with one attached hydrogen (secondary N) is 3. The van der Waals surface area contributed by atoms with Crippen LogP contribution in [0.4, 0.5) is 11.4 Å². The Morgan fingerprint density at radius 2 is 1.65 bits per heavy atom. The zero-order valence-electron chi connectivity index (χ0n) is 15.4. The largest absolute Gasteiger partial charge is 0.383 e. The molecule has 26 heavy (non-hydrogen) atoms. The van der Waals surface area contributed by atoms with Crippen molar-refractivity contribution in [3.05, 3.63) is 59.2 Å². The first-order chi connectivity index (χ1) is 12.5. The summed E-state index contributed by atoms with van der Waals surface area (Å²) in [6.45, 7) is 5.10. The van der Waals surface area contributed by atoms with Crippen LogP contribution in [0.2, 0.25) is 0 Å². The van der Waals surface area contributed by atoms with E-state index in [-0.39, 0.29) is 18.4 Å². The third kappa shape index (κ3) is 5.60. The fraction of sp³-hybridized carbons (Fsp3) is 0.300. The summed E-state index contributed by atoms with van der Waals surface area (Å²) in [6.07, 6.45) is 0. The molecule has 2 aromatic rings. The first-order valence-corrected chi connectivity index (χ1v) is 8.48. The first kappa shape index (κ1) is 19.5. The van der Waals surface area contributed by atoms with Crippen LogP contribution in [0.25, 0.3) is 0 Å². The number of para-hydroxylation sites is 1. The van der Waals surface area contributed by atoms with Crippen LogP contribution in [0.5, 0.6) is 0 Å². The fourth-order valence-corrected chi connectivity index (χ4v) is 2.54. The van der Waals surface area contributed by atoms with Crippen LogP contribution >= 0.6 is 0 Å². The molecule has 0 aliphatic heterocycles. The highest BCUT2D eigenvalue weighted by Crippen LogP contribution is 2.19. The van der Waals surface area contributed by atoms with Gasteiger partial charge in [0.1, 0.15) is 0 Å². The lowest BCUT2D eigenvalue weighted by Crippen LogP contribution is -2.27. The van der Waals surface area contributed by atoms with Crippen molar-refractivity contribution >= 4 is 23.2 Å². The smallest absolute Gasteiger partial charge is 0.251 e. The summed E-state index contributed by atoms with van der Waals surface area (Å²) in [7, 11) is 1.58. The molecular weight excluding hydrogens is 330 g/mol. The molecule has 6 heteroatoms. The normalized spacial score (nSPS) is 10.3. The summed E-state index contributed by atoms with van der Waals surface area (Å²) in [6, 6.07) is 12.8. The van der Waals surface area contributed by atoms with Crippen molar-refractivity contribution in [1.29, 1.82) is 0 Å². The van der Waals surface area contributed by atoms with Crippen LogP contribution < -0.4 is 16.0 Å². The van der Waals surface area contributed by atoms with Gasteiger partial charge in [-0.25, -0.2) is 0 Å². The number of anilines is 2. The van der Waals surface area contributed by atoms with Gasteiger partial charge in [-0.2, -0.15) is 0 Å². The highest BCUT2D eigenvalue weighted by Gasteiger charge is 2.08. The summed E-state index contributed by atoms with van der Waals surface area (Å²) < 4.78 is 4.89. The molecule has 0 spiro atoms. The maximum Gasteiger partial charge on any atom is 0.251 e. The Hall–Kier alpha value is -2.86. The molecule has 0 bridgehead atoms. The van der Waals surface area contributed by atoms with Gasteiger partial charge in [0, 0.05) is 30.6 Å². The topological polar surface area (TPSA) is 79.5 Å². The molecule has 0 fully saturated rings. The van der Waals surface area contributed by atoms with E-state index in [4.69, 9.17) is 4.74 Å². The summed E-state index contributed by atoms with van der Waals surface area (Å²) in [5, 5.41) is 8.74. The van der Waals surface area contributed by atoms with Gasteiger partial charge >= 0.3 is 0 Å². The van der Waals surface area contributed by atoms with E-state index in [1.165, 1.54) is 0 Å². The summed E-state index contributed by atoms with van der Waals surface area (Å²) >= 11 is 0. The molecule has 0 saturated heterocycles. The predicted molar refractivity (Wildman–Crippen MR) is 104 cm³/mol. The second-order valence-corrected chi connectivity index (χ2v) is 5.99. The Kier molecular flexibility index (Phi) is 7.17. The second kappa shape index (κ2) is 9.58. The fourth-order valence-electron chi connectivity index (χ4n) is 2.54. The minimum atomic E-state index is -0.170. The predicted octanol–water partition coefficient (Wildman–Crippen LogP) is 2.73. The number of hydrogen-bond donors (Lipinski definition) is 3. The van der Waals surface area contributed by atoms with Crippen molar-refractivity contribution in [2.45, 2.75) is 13.8 Å². The monoisotopic (exact) mass is 355 g/mol. The minimum absolute atomic E-state index is 0.148. The van der Waals surface area contributed by atoms with E-state index in [9.17, 15) is 9.59 Å². The molecule has 2 amide bonds. The zero-order valence-corrected chi connectivity index (χ0v) is 15.4. The van der Waals surface area contributed by atoms with Gasteiger partial charge in [0.05, 0.1) is 13.2 Å². The van der Waals surface area contributed by atoms with Crippen LogP contribution in [0.1, 0.15) is 21.5 Å². The Morgan fingerprint density at radius 3 is 2.27 bits per heavy atom. The average Bonchev–Trinajstić information content (AvgIpc) is 2.62. The molecule has 6 nitrogen and oxygen atoms in total. The first-order valence-electron chi connectivity index (χ1n) is 8.48. The maximum atomic E-state index is 12.1. The van der Waals surface area contributed by atoms with E-state index < -0.39 is 0 Å². The van der Waals surface area contributed by atoms with Crippen molar-refractivity contribution in [2.24, 2.45) is 0 Å². The molecule has 0 aromatic heterocycles. The highest BCUT2D eigenvalue weighted by molar-refractivity contribution is 5.96. The maximum absolute atomic E-state index is 12.1. The van der Waals surface area contributed by atoms with Crippen molar-refractivity contribution in [2.75, 3.05) is 37.4 Å². The standard InChI is InChI=1S/C20H25N3O3/c1-14-5-4-6-15(2)19(14)22-13-18(24)23-17-9-7-16(8-10-17)20(25)21-11-12-26-3/h4-10,22H,11-13H2,1-3H3,(H,21,25)(H,23,24). The van der Waals surface area contributed by atoms with E-state index in [0.717, 1.165) is 16.8 Å². The number of carbonyl (C=O) groups excluding carboxylic acids is 2. The molecule has 138 valence electrons. The lowest BCUT2D eigenvalue weighted by Gasteiger charge is -2.12. The quantitative estimate of drug-likeness (QED) is 0.636. The molecule has 0 heterocycles. The number of benzene rings is 2. The van der Waals surface area contributed by atoms with E-state index >= 15 is 0 Å². The highest BCUT2D eigenvalue weighted by atomic mass is 16.5. The van der Waals surface area contributed by atoms with Gasteiger partial charge in [-0.1, -0.05) is 18.2 Å². The number of carbonyl (C=O) groups is 2. The van der Waals surface area contributed by atoms with E-state index in [0.29, 0.717) is 24.4 Å². The number of amides is 2. The summed E-state index contributed by atoms with van der Waals surface area (Å²) in [5.74, 6) is -0.318. The van der Waals surface area contributed by atoms with Gasteiger partial charge in [0.25, 0.3) is 5.91 Å². The van der Waals surface area contributed by atoms with E-state index in [1.54, 1.807) is 31.4 Å². The minimum Gasteiger partial charge on any atom is -0.383 e. The molecule has 0 aliphatic carbocycles. The van der Waals surface area contributed by atoms with Gasteiger partial charge < -0.3 is 20.7 Å². The Bertz CT molecular complexity index is 737. The molecule has 0 unspecified atom stereocenters. The molecule has 0 radical (unpaired) electrons. The number of aryl methyl sites for hydroxylation is 2. The lowest BCUT2D eigenvalue weighted by molar-refractivity contribution is -0.114. The molecule has 2 aromatic carbocycles. The van der Waals surface area contributed by atoms with Gasteiger partial charge in [-0.15, -0.1) is 0 Å². The van der Waals surface area contributed by atoms with Crippen LogP contribution in [0.3, 0.4) is 0 Å². The molecular formula is C20H25N3O3. The SMILES string of the molecule is COCCNC(=O)c1ccc(NC(=O)CNc2c(C)cccc2C)cc1. The average molecular weight is 355 g/mol. The molecule has 3 N–H and O–H groups in total. The Labute approximate surface area is 153 Å². The second-order valence-electron chi connectivity index (χ2n) is 5.99. The third-order valence-electron chi connectivity index (χ3n) is 3.93. The molecule has 0 atom stereocenters. The molecule has 0 saturated carbocycles. The van der Waals surface area contributed by atoms with Gasteiger partial charge in [-0.05, 0) is 49.2 Å².